The van der Waals surface area contributed by atoms with Gasteiger partial charge in [-0.3, -0.25) is 0 Å². The van der Waals surface area contributed by atoms with Crippen molar-refractivity contribution in [3.63, 3.8) is 0 Å². The normalized spacial score (nSPS) is 28.2. The SMILES string of the molecule is C#CCC(N)CC1CCS(=O)(=O)C1. The maximum Gasteiger partial charge on any atom is 0.150 e. The Bertz CT molecular complexity index is 302. The van der Waals surface area contributed by atoms with Crippen LogP contribution in [0.5, 0.6) is 0 Å². The van der Waals surface area contributed by atoms with Crippen LogP contribution in [-0.4, -0.2) is 26.0 Å². The molecule has 1 saturated heterocycles. The van der Waals surface area contributed by atoms with Crippen LogP contribution in [0.2, 0.25) is 0 Å². The van der Waals surface area contributed by atoms with Crippen molar-refractivity contribution in [3.8, 4) is 12.3 Å². The molecule has 74 valence electrons. The second kappa shape index (κ2) is 4.12. The standard InChI is InChI=1S/C9H15NO2S/c1-2-3-9(10)6-8-4-5-13(11,12)7-8/h1,8-9H,3-7,10H2. The molecule has 2 unspecified atom stereocenters. The second-order valence-corrected chi connectivity index (χ2v) is 5.90. The molecule has 0 aromatic rings. The quantitative estimate of drug-likeness (QED) is 0.662. The van der Waals surface area contributed by atoms with Crippen LogP contribution in [0.3, 0.4) is 0 Å². The highest BCUT2D eigenvalue weighted by atomic mass is 32.2. The van der Waals surface area contributed by atoms with Crippen molar-refractivity contribution in [2.75, 3.05) is 11.5 Å². The van der Waals surface area contributed by atoms with E-state index in [2.05, 4.69) is 5.92 Å². The maximum absolute atomic E-state index is 11.1. The topological polar surface area (TPSA) is 60.2 Å². The van der Waals surface area contributed by atoms with E-state index in [9.17, 15) is 8.42 Å². The molecule has 1 fully saturated rings. The van der Waals surface area contributed by atoms with Crippen molar-refractivity contribution in [2.45, 2.75) is 25.3 Å². The molecular formula is C9H15NO2S. The Hall–Kier alpha value is -0.530. The molecule has 1 heterocycles. The Labute approximate surface area is 79.6 Å². The van der Waals surface area contributed by atoms with Crippen LogP contribution in [-0.2, 0) is 9.84 Å². The van der Waals surface area contributed by atoms with Crippen molar-refractivity contribution in [3.05, 3.63) is 0 Å². The summed E-state index contributed by atoms with van der Waals surface area (Å²) < 4.78 is 22.2. The van der Waals surface area contributed by atoms with Crippen molar-refractivity contribution < 1.29 is 8.42 Å². The monoisotopic (exact) mass is 201 g/mol. The molecule has 2 N–H and O–H groups in total. The molecule has 2 atom stereocenters. The Kier molecular flexibility index (Phi) is 3.34. The van der Waals surface area contributed by atoms with Crippen molar-refractivity contribution in [1.29, 1.82) is 0 Å². The molecule has 13 heavy (non-hydrogen) atoms. The minimum atomic E-state index is -2.76. The third-order valence-electron chi connectivity index (χ3n) is 2.34. The summed E-state index contributed by atoms with van der Waals surface area (Å²) in [6.07, 6.45) is 7.14. The summed E-state index contributed by atoms with van der Waals surface area (Å²) in [6, 6.07) is -0.0386. The van der Waals surface area contributed by atoms with Gasteiger partial charge in [0.05, 0.1) is 11.5 Å². The fourth-order valence-corrected chi connectivity index (χ4v) is 3.60. The lowest BCUT2D eigenvalue weighted by Crippen LogP contribution is -2.23. The summed E-state index contributed by atoms with van der Waals surface area (Å²) in [6.45, 7) is 0. The number of sulfone groups is 1. The van der Waals surface area contributed by atoms with E-state index in [1.165, 1.54) is 0 Å². The van der Waals surface area contributed by atoms with Crippen molar-refractivity contribution in [1.82, 2.24) is 0 Å². The summed E-state index contributed by atoms with van der Waals surface area (Å²) in [5.41, 5.74) is 5.72. The van der Waals surface area contributed by atoms with Gasteiger partial charge in [0.2, 0.25) is 0 Å². The van der Waals surface area contributed by atoms with Gasteiger partial charge in [-0.2, -0.15) is 0 Å². The maximum atomic E-state index is 11.1. The van der Waals surface area contributed by atoms with Gasteiger partial charge < -0.3 is 5.73 Å². The van der Waals surface area contributed by atoms with Gasteiger partial charge >= 0.3 is 0 Å². The van der Waals surface area contributed by atoms with Gasteiger partial charge in [-0.05, 0) is 18.8 Å². The summed E-state index contributed by atoms with van der Waals surface area (Å²) in [4.78, 5) is 0. The van der Waals surface area contributed by atoms with Crippen LogP contribution < -0.4 is 5.73 Å². The Morgan fingerprint density at radius 2 is 2.31 bits per heavy atom. The largest absolute Gasteiger partial charge is 0.327 e. The van der Waals surface area contributed by atoms with Gasteiger partial charge in [0, 0.05) is 12.5 Å². The summed E-state index contributed by atoms with van der Waals surface area (Å²) in [5.74, 6) is 3.33. The Morgan fingerprint density at radius 1 is 1.62 bits per heavy atom. The number of nitrogens with two attached hydrogens (primary N) is 1. The highest BCUT2D eigenvalue weighted by molar-refractivity contribution is 7.91. The molecule has 0 saturated carbocycles. The van der Waals surface area contributed by atoms with Gasteiger partial charge in [0.15, 0.2) is 9.84 Å². The highest BCUT2D eigenvalue weighted by Crippen LogP contribution is 2.22. The van der Waals surface area contributed by atoms with E-state index < -0.39 is 9.84 Å². The van der Waals surface area contributed by atoms with E-state index in [-0.39, 0.29) is 12.0 Å². The number of rotatable bonds is 3. The van der Waals surface area contributed by atoms with E-state index in [1.54, 1.807) is 0 Å². The zero-order valence-corrected chi connectivity index (χ0v) is 8.39. The van der Waals surface area contributed by atoms with E-state index >= 15 is 0 Å². The first-order chi connectivity index (χ1) is 6.03. The molecule has 0 aromatic carbocycles. The van der Waals surface area contributed by atoms with Gasteiger partial charge in [0.25, 0.3) is 0 Å². The average Bonchev–Trinajstić information content (AvgIpc) is 2.30. The van der Waals surface area contributed by atoms with Gasteiger partial charge in [0.1, 0.15) is 0 Å². The molecular weight excluding hydrogens is 186 g/mol. The number of terminal acetylenes is 1. The lowest BCUT2D eigenvalue weighted by Gasteiger charge is -2.12. The van der Waals surface area contributed by atoms with Crippen LogP contribution >= 0.6 is 0 Å². The first-order valence-electron chi connectivity index (χ1n) is 4.43. The molecule has 1 aliphatic heterocycles. The fourth-order valence-electron chi connectivity index (χ4n) is 1.72. The van der Waals surface area contributed by atoms with E-state index in [0.717, 1.165) is 12.8 Å². The molecule has 0 spiro atoms. The molecule has 0 aromatic heterocycles. The Balaban J connectivity index is 2.37. The fraction of sp³-hybridized carbons (Fsp3) is 0.778. The third kappa shape index (κ3) is 3.37. The van der Waals surface area contributed by atoms with Crippen LogP contribution in [0.25, 0.3) is 0 Å². The molecule has 3 nitrogen and oxygen atoms in total. The van der Waals surface area contributed by atoms with Crippen molar-refractivity contribution >= 4 is 9.84 Å². The average molecular weight is 201 g/mol. The van der Waals surface area contributed by atoms with Gasteiger partial charge in [-0.15, -0.1) is 12.3 Å². The first-order valence-corrected chi connectivity index (χ1v) is 6.25. The second-order valence-electron chi connectivity index (χ2n) is 3.67. The lowest BCUT2D eigenvalue weighted by atomic mass is 9.98. The zero-order chi connectivity index (χ0) is 9.90. The molecule has 0 bridgehead atoms. The predicted molar refractivity (Wildman–Crippen MR) is 52.8 cm³/mol. The highest BCUT2D eigenvalue weighted by Gasteiger charge is 2.28. The molecule has 1 aliphatic rings. The summed E-state index contributed by atoms with van der Waals surface area (Å²) in [7, 11) is -2.76. The van der Waals surface area contributed by atoms with E-state index in [1.807, 2.05) is 0 Å². The van der Waals surface area contributed by atoms with Gasteiger partial charge in [-0.25, -0.2) is 8.42 Å². The predicted octanol–water partition coefficient (Wildman–Crippen LogP) is 0.162. The minimum Gasteiger partial charge on any atom is -0.327 e. The third-order valence-corrected chi connectivity index (χ3v) is 4.18. The van der Waals surface area contributed by atoms with Crippen molar-refractivity contribution in [2.24, 2.45) is 11.7 Å². The smallest absolute Gasteiger partial charge is 0.150 e. The molecule has 0 amide bonds. The zero-order valence-electron chi connectivity index (χ0n) is 7.57. The van der Waals surface area contributed by atoms with Crippen LogP contribution in [0.4, 0.5) is 0 Å². The van der Waals surface area contributed by atoms with Crippen LogP contribution in [0.1, 0.15) is 19.3 Å². The van der Waals surface area contributed by atoms with Crippen LogP contribution in [0.15, 0.2) is 0 Å². The molecule has 0 radical (unpaired) electrons. The summed E-state index contributed by atoms with van der Waals surface area (Å²) in [5, 5.41) is 0. The molecule has 1 rings (SSSR count). The molecule has 0 aliphatic carbocycles. The first kappa shape index (κ1) is 10.6. The van der Waals surface area contributed by atoms with E-state index in [0.29, 0.717) is 17.9 Å². The van der Waals surface area contributed by atoms with Crippen LogP contribution in [0, 0.1) is 18.3 Å². The van der Waals surface area contributed by atoms with Gasteiger partial charge in [-0.1, -0.05) is 0 Å². The molecule has 4 heteroatoms. The Morgan fingerprint density at radius 3 is 2.77 bits per heavy atom. The number of hydrogen-bond donors (Lipinski definition) is 1. The number of hydrogen-bond acceptors (Lipinski definition) is 3. The lowest BCUT2D eigenvalue weighted by molar-refractivity contribution is 0.475. The van der Waals surface area contributed by atoms with E-state index in [4.69, 9.17) is 12.2 Å². The summed E-state index contributed by atoms with van der Waals surface area (Å²) >= 11 is 0. The minimum absolute atomic E-state index is 0.0386.